The molecule has 2 heterocycles. The van der Waals surface area contributed by atoms with E-state index in [1.54, 1.807) is 47.3 Å². The minimum Gasteiger partial charge on any atom is -0.456 e. The van der Waals surface area contributed by atoms with Crippen LogP contribution in [-0.2, 0) is 11.3 Å². The number of hydrogen-bond donors (Lipinski definition) is 1. The summed E-state index contributed by atoms with van der Waals surface area (Å²) in [4.78, 5) is 23.3. The minimum atomic E-state index is -0.322. The van der Waals surface area contributed by atoms with Gasteiger partial charge in [0.1, 0.15) is 5.76 Å². The van der Waals surface area contributed by atoms with E-state index in [1.807, 2.05) is 0 Å². The van der Waals surface area contributed by atoms with Crippen LogP contribution in [0.5, 0.6) is 0 Å². The van der Waals surface area contributed by atoms with Crippen molar-refractivity contribution in [3.63, 3.8) is 0 Å². The molecule has 0 unspecified atom stereocenters. The second-order valence-corrected chi connectivity index (χ2v) is 6.58. The third kappa shape index (κ3) is 5.09. The van der Waals surface area contributed by atoms with Crippen molar-refractivity contribution in [3.05, 3.63) is 75.9 Å². The first-order valence-corrected chi connectivity index (χ1v) is 8.72. The van der Waals surface area contributed by atoms with Crippen LogP contribution in [0, 0.1) is 0 Å². The van der Waals surface area contributed by atoms with Crippen LogP contribution >= 0.6 is 23.2 Å². The summed E-state index contributed by atoms with van der Waals surface area (Å²) in [5.41, 5.74) is 1.22. The standard InChI is InChI=1S/C19H15Cl2N3O3/c1-12(25)18-6-5-16(27-18)11-24-10-15(9-22-24)23-19(26)7-3-13-2-4-14(20)8-17(13)21/h2-10H,11H2,1H3,(H,23,26)/b7-3-. The fraction of sp³-hybridized carbons (Fsp3) is 0.105. The first-order chi connectivity index (χ1) is 12.9. The Labute approximate surface area is 165 Å². The second-order valence-electron chi connectivity index (χ2n) is 5.74. The fourth-order valence-electron chi connectivity index (χ4n) is 2.31. The highest BCUT2D eigenvalue weighted by Crippen LogP contribution is 2.22. The van der Waals surface area contributed by atoms with E-state index in [0.29, 0.717) is 39.4 Å². The molecule has 3 aromatic rings. The lowest BCUT2D eigenvalue weighted by Crippen LogP contribution is -2.07. The zero-order chi connectivity index (χ0) is 19.4. The Morgan fingerprint density at radius 3 is 2.78 bits per heavy atom. The Bertz CT molecular complexity index is 1020. The predicted octanol–water partition coefficient (Wildman–Crippen LogP) is 4.69. The van der Waals surface area contributed by atoms with Gasteiger partial charge in [-0.05, 0) is 35.9 Å². The molecular formula is C19H15Cl2N3O3. The second kappa shape index (κ2) is 8.24. The molecule has 2 aromatic heterocycles. The summed E-state index contributed by atoms with van der Waals surface area (Å²) in [6.45, 7) is 1.79. The summed E-state index contributed by atoms with van der Waals surface area (Å²) >= 11 is 11.9. The van der Waals surface area contributed by atoms with E-state index in [0.717, 1.165) is 0 Å². The van der Waals surface area contributed by atoms with Crippen LogP contribution in [-0.4, -0.2) is 21.5 Å². The maximum absolute atomic E-state index is 12.0. The van der Waals surface area contributed by atoms with Gasteiger partial charge in [-0.1, -0.05) is 29.3 Å². The number of carbonyl (C=O) groups is 2. The quantitative estimate of drug-likeness (QED) is 0.478. The van der Waals surface area contributed by atoms with Crippen molar-refractivity contribution in [1.82, 2.24) is 9.78 Å². The highest BCUT2D eigenvalue weighted by Gasteiger charge is 2.08. The molecule has 0 saturated heterocycles. The molecule has 0 aliphatic heterocycles. The number of halogens is 2. The lowest BCUT2D eigenvalue weighted by molar-refractivity contribution is -0.111. The number of benzene rings is 1. The number of furan rings is 1. The van der Waals surface area contributed by atoms with Crippen molar-refractivity contribution >= 4 is 46.7 Å². The Kier molecular flexibility index (Phi) is 5.78. The number of aromatic nitrogens is 2. The van der Waals surface area contributed by atoms with Crippen LogP contribution in [0.15, 0.2) is 53.2 Å². The molecule has 6 nitrogen and oxygen atoms in total. The molecule has 1 aromatic carbocycles. The van der Waals surface area contributed by atoms with Crippen molar-refractivity contribution in [3.8, 4) is 0 Å². The molecule has 138 valence electrons. The van der Waals surface area contributed by atoms with Crippen LogP contribution in [0.3, 0.4) is 0 Å². The number of hydrogen-bond acceptors (Lipinski definition) is 4. The number of carbonyl (C=O) groups excluding carboxylic acids is 2. The molecule has 0 bridgehead atoms. The SMILES string of the molecule is CC(=O)c1ccc(Cn2cc(NC(=O)/C=C\c3ccc(Cl)cc3Cl)cn2)o1. The lowest BCUT2D eigenvalue weighted by atomic mass is 10.2. The monoisotopic (exact) mass is 403 g/mol. The van der Waals surface area contributed by atoms with Crippen molar-refractivity contribution < 1.29 is 14.0 Å². The maximum Gasteiger partial charge on any atom is 0.248 e. The van der Waals surface area contributed by atoms with Gasteiger partial charge in [0.2, 0.25) is 5.91 Å². The summed E-state index contributed by atoms with van der Waals surface area (Å²) < 4.78 is 7.01. The molecule has 0 saturated carbocycles. The normalized spacial score (nSPS) is 11.1. The molecule has 0 atom stereocenters. The number of nitrogens with one attached hydrogen (secondary N) is 1. The molecule has 1 amide bonds. The van der Waals surface area contributed by atoms with Gasteiger partial charge in [-0.3, -0.25) is 14.3 Å². The highest BCUT2D eigenvalue weighted by atomic mass is 35.5. The molecule has 1 N–H and O–H groups in total. The van der Waals surface area contributed by atoms with Gasteiger partial charge in [0.15, 0.2) is 11.5 Å². The van der Waals surface area contributed by atoms with E-state index in [2.05, 4.69) is 10.4 Å². The molecule has 0 aliphatic rings. The summed E-state index contributed by atoms with van der Waals surface area (Å²) in [7, 11) is 0. The Balaban J connectivity index is 1.60. The largest absolute Gasteiger partial charge is 0.456 e. The van der Waals surface area contributed by atoms with E-state index in [9.17, 15) is 9.59 Å². The minimum absolute atomic E-state index is 0.137. The third-order valence-corrected chi connectivity index (χ3v) is 4.17. The van der Waals surface area contributed by atoms with Gasteiger partial charge >= 0.3 is 0 Å². The molecular weight excluding hydrogens is 389 g/mol. The number of nitrogens with zero attached hydrogens (tertiary/aromatic N) is 2. The zero-order valence-corrected chi connectivity index (χ0v) is 15.8. The molecule has 27 heavy (non-hydrogen) atoms. The van der Waals surface area contributed by atoms with Crippen molar-refractivity contribution in [2.45, 2.75) is 13.5 Å². The van der Waals surface area contributed by atoms with Gasteiger partial charge in [-0.15, -0.1) is 0 Å². The van der Waals surface area contributed by atoms with Crippen molar-refractivity contribution in [2.24, 2.45) is 0 Å². The van der Waals surface area contributed by atoms with Gasteiger partial charge in [0.05, 0.1) is 18.4 Å². The molecule has 3 rings (SSSR count). The maximum atomic E-state index is 12.0. The summed E-state index contributed by atoms with van der Waals surface area (Å²) in [5, 5.41) is 7.86. The highest BCUT2D eigenvalue weighted by molar-refractivity contribution is 6.35. The third-order valence-electron chi connectivity index (χ3n) is 3.60. The van der Waals surface area contributed by atoms with Crippen LogP contribution < -0.4 is 5.32 Å². The fourth-order valence-corrected chi connectivity index (χ4v) is 2.78. The average molecular weight is 404 g/mol. The van der Waals surface area contributed by atoms with Gasteiger partial charge in [0, 0.05) is 29.2 Å². The Morgan fingerprint density at radius 1 is 1.26 bits per heavy atom. The van der Waals surface area contributed by atoms with Crippen LogP contribution in [0.2, 0.25) is 10.0 Å². The van der Waals surface area contributed by atoms with Gasteiger partial charge in [-0.25, -0.2) is 0 Å². The summed E-state index contributed by atoms with van der Waals surface area (Å²) in [5.74, 6) is 0.440. The van der Waals surface area contributed by atoms with Gasteiger partial charge in [0.25, 0.3) is 0 Å². The number of ketones is 1. The molecule has 8 heteroatoms. The number of rotatable bonds is 6. The molecule has 0 spiro atoms. The van der Waals surface area contributed by atoms with Crippen LogP contribution in [0.1, 0.15) is 28.8 Å². The molecule has 0 fully saturated rings. The average Bonchev–Trinajstić information content (AvgIpc) is 3.24. The lowest BCUT2D eigenvalue weighted by Gasteiger charge is -2.00. The molecule has 0 aliphatic carbocycles. The number of Topliss-reactive ketones (excluding diaryl/α,β-unsaturated/α-hetero) is 1. The Morgan fingerprint density at radius 2 is 2.07 bits per heavy atom. The van der Waals surface area contributed by atoms with Gasteiger partial charge < -0.3 is 9.73 Å². The number of amides is 1. The zero-order valence-electron chi connectivity index (χ0n) is 14.3. The first kappa shape index (κ1) is 18.9. The summed E-state index contributed by atoms with van der Waals surface area (Å²) in [6, 6.07) is 8.37. The van der Waals surface area contributed by atoms with Crippen LogP contribution in [0.4, 0.5) is 5.69 Å². The topological polar surface area (TPSA) is 77.1 Å². The smallest absolute Gasteiger partial charge is 0.248 e. The van der Waals surface area contributed by atoms with Crippen LogP contribution in [0.25, 0.3) is 6.08 Å². The van der Waals surface area contributed by atoms with Gasteiger partial charge in [-0.2, -0.15) is 5.10 Å². The number of anilines is 1. The van der Waals surface area contributed by atoms with Crippen molar-refractivity contribution in [2.75, 3.05) is 5.32 Å². The first-order valence-electron chi connectivity index (χ1n) is 7.97. The van der Waals surface area contributed by atoms with E-state index in [-0.39, 0.29) is 11.7 Å². The molecule has 0 radical (unpaired) electrons. The predicted molar refractivity (Wildman–Crippen MR) is 104 cm³/mol. The van der Waals surface area contributed by atoms with E-state index in [1.165, 1.54) is 19.2 Å². The Hall–Kier alpha value is -2.83. The van der Waals surface area contributed by atoms with Crippen molar-refractivity contribution in [1.29, 1.82) is 0 Å². The summed E-state index contributed by atoms with van der Waals surface area (Å²) in [6.07, 6.45) is 6.16. The van der Waals surface area contributed by atoms with E-state index in [4.69, 9.17) is 27.6 Å². The van der Waals surface area contributed by atoms with E-state index < -0.39 is 0 Å². The van der Waals surface area contributed by atoms with E-state index >= 15 is 0 Å².